The molecule has 0 spiro atoms. The Morgan fingerprint density at radius 2 is 1.86 bits per heavy atom. The van der Waals surface area contributed by atoms with E-state index in [1.54, 1.807) is 18.2 Å². The molecule has 1 N–H and O–H groups in total. The van der Waals surface area contributed by atoms with Crippen LogP contribution in [0.1, 0.15) is 5.56 Å². The Kier molecular flexibility index (Phi) is 3.03. The molecule has 0 amide bonds. The molecule has 0 saturated heterocycles. The van der Waals surface area contributed by atoms with Gasteiger partial charge in [0.05, 0.1) is 4.90 Å². The summed E-state index contributed by atoms with van der Waals surface area (Å²) in [5, 5.41) is 7.10. The molecule has 4 nitrogen and oxygen atoms in total. The maximum absolute atomic E-state index is 11.7. The summed E-state index contributed by atoms with van der Waals surface area (Å²) in [6, 6.07) is 6.44. The van der Waals surface area contributed by atoms with Crippen LogP contribution in [0.4, 0.5) is 0 Å². The number of hydrogen-bond acceptors (Lipinski definition) is 3. The van der Waals surface area contributed by atoms with Gasteiger partial charge < -0.3 is 5.41 Å². The molecule has 5 heteroatoms. The molecule has 0 unspecified atom stereocenters. The Labute approximate surface area is 83.7 Å². The van der Waals surface area contributed by atoms with Gasteiger partial charge in [0.1, 0.15) is 0 Å². The number of nitrogens with one attached hydrogen (secondary N) is 1. The predicted molar refractivity (Wildman–Crippen MR) is 55.2 cm³/mol. The average molecular weight is 212 g/mol. The Bertz CT molecular complexity index is 438. The molecule has 1 rings (SSSR count). The fourth-order valence-corrected chi connectivity index (χ4v) is 2.10. The highest BCUT2D eigenvalue weighted by atomic mass is 32.2. The molecule has 76 valence electrons. The number of sulfonamides is 1. The molecule has 1 aromatic rings. The molecule has 0 aliphatic rings. The van der Waals surface area contributed by atoms with Crippen molar-refractivity contribution < 1.29 is 8.42 Å². The van der Waals surface area contributed by atoms with Crippen molar-refractivity contribution in [3.63, 3.8) is 0 Å². The van der Waals surface area contributed by atoms with E-state index in [1.807, 2.05) is 0 Å². The van der Waals surface area contributed by atoms with E-state index in [0.717, 1.165) is 10.5 Å². The van der Waals surface area contributed by atoms with Crippen molar-refractivity contribution in [3.8, 4) is 0 Å². The molecule has 0 heterocycles. The molecule has 14 heavy (non-hydrogen) atoms. The normalized spacial score (nSPS) is 11.6. The minimum atomic E-state index is -3.44. The Hall–Kier alpha value is -1.20. The largest absolute Gasteiger partial charge is 0.308 e. The number of nitrogens with zero attached hydrogens (tertiary/aromatic N) is 1. The molecule has 1 aromatic carbocycles. The third kappa shape index (κ3) is 1.83. The van der Waals surface area contributed by atoms with E-state index in [0.29, 0.717) is 5.56 Å². The molecular weight excluding hydrogens is 200 g/mol. The monoisotopic (exact) mass is 212 g/mol. The lowest BCUT2D eigenvalue weighted by molar-refractivity contribution is 0.520. The predicted octanol–water partition coefficient (Wildman–Crippen LogP) is 0.935. The van der Waals surface area contributed by atoms with Crippen molar-refractivity contribution in [1.29, 1.82) is 5.41 Å². The Morgan fingerprint density at radius 1 is 1.29 bits per heavy atom. The Morgan fingerprint density at radius 3 is 2.36 bits per heavy atom. The zero-order valence-corrected chi connectivity index (χ0v) is 8.88. The van der Waals surface area contributed by atoms with Crippen LogP contribution in [-0.4, -0.2) is 33.0 Å². The molecule has 0 radical (unpaired) electrons. The van der Waals surface area contributed by atoms with Crippen molar-refractivity contribution >= 4 is 16.2 Å². The van der Waals surface area contributed by atoms with Crippen LogP contribution in [0.3, 0.4) is 0 Å². The van der Waals surface area contributed by atoms with E-state index in [1.165, 1.54) is 20.2 Å². The van der Waals surface area contributed by atoms with Gasteiger partial charge in [-0.15, -0.1) is 0 Å². The quantitative estimate of drug-likeness (QED) is 0.758. The average Bonchev–Trinajstić information content (AvgIpc) is 2.17. The van der Waals surface area contributed by atoms with E-state index in [-0.39, 0.29) is 4.90 Å². The standard InChI is InChI=1S/C9H12N2O2S/c1-11(2)14(12,13)9-6-4-3-5-8(9)7-10/h3-7,10H,1-2H3. The first-order valence-corrected chi connectivity index (χ1v) is 5.46. The molecule has 0 aromatic heterocycles. The van der Waals surface area contributed by atoms with Crippen molar-refractivity contribution in [3.05, 3.63) is 29.8 Å². The van der Waals surface area contributed by atoms with Gasteiger partial charge >= 0.3 is 0 Å². The second-order valence-corrected chi connectivity index (χ2v) is 5.09. The molecule has 0 fully saturated rings. The summed E-state index contributed by atoms with van der Waals surface area (Å²) in [6.07, 6.45) is 1.04. The maximum atomic E-state index is 11.7. The van der Waals surface area contributed by atoms with Gasteiger partial charge in [-0.1, -0.05) is 18.2 Å². The molecule has 0 aliphatic heterocycles. The maximum Gasteiger partial charge on any atom is 0.243 e. The fourth-order valence-electron chi connectivity index (χ4n) is 1.03. The van der Waals surface area contributed by atoms with Gasteiger partial charge in [0.2, 0.25) is 10.0 Å². The zero-order chi connectivity index (χ0) is 10.8. The molecule has 0 saturated carbocycles. The molecule has 0 aliphatic carbocycles. The zero-order valence-electron chi connectivity index (χ0n) is 8.06. The van der Waals surface area contributed by atoms with Crippen molar-refractivity contribution in [2.45, 2.75) is 4.90 Å². The lowest BCUT2D eigenvalue weighted by Crippen LogP contribution is -2.23. The first-order chi connectivity index (χ1) is 6.50. The summed E-state index contributed by atoms with van der Waals surface area (Å²) in [5.74, 6) is 0. The molecular formula is C9H12N2O2S. The fraction of sp³-hybridized carbons (Fsp3) is 0.222. The van der Waals surface area contributed by atoms with Crippen LogP contribution >= 0.6 is 0 Å². The third-order valence-electron chi connectivity index (χ3n) is 1.83. The van der Waals surface area contributed by atoms with Gasteiger partial charge in [-0.25, -0.2) is 12.7 Å². The van der Waals surface area contributed by atoms with Crippen LogP contribution < -0.4 is 0 Å². The van der Waals surface area contributed by atoms with E-state index in [9.17, 15) is 8.42 Å². The minimum Gasteiger partial charge on any atom is -0.308 e. The summed E-state index contributed by atoms with van der Waals surface area (Å²) < 4.78 is 24.6. The SMILES string of the molecule is CN(C)S(=O)(=O)c1ccccc1C=N. The van der Waals surface area contributed by atoms with Crippen molar-refractivity contribution in [2.75, 3.05) is 14.1 Å². The molecule has 0 atom stereocenters. The third-order valence-corrected chi connectivity index (χ3v) is 3.72. The van der Waals surface area contributed by atoms with Crippen molar-refractivity contribution in [2.24, 2.45) is 0 Å². The number of benzene rings is 1. The van der Waals surface area contributed by atoms with E-state index in [2.05, 4.69) is 0 Å². The van der Waals surface area contributed by atoms with Gasteiger partial charge in [0.15, 0.2) is 0 Å². The van der Waals surface area contributed by atoms with Crippen LogP contribution in [0.15, 0.2) is 29.2 Å². The molecule has 0 bridgehead atoms. The summed E-state index contributed by atoms with van der Waals surface area (Å²) in [5.41, 5.74) is 0.404. The number of rotatable bonds is 3. The summed E-state index contributed by atoms with van der Waals surface area (Å²) in [6.45, 7) is 0. The first kappa shape index (κ1) is 10.9. The topological polar surface area (TPSA) is 61.2 Å². The second kappa shape index (κ2) is 3.89. The van der Waals surface area contributed by atoms with Crippen LogP contribution in [0.5, 0.6) is 0 Å². The van der Waals surface area contributed by atoms with Gasteiger partial charge in [0.25, 0.3) is 0 Å². The van der Waals surface area contributed by atoms with Crippen LogP contribution in [-0.2, 0) is 10.0 Å². The highest BCUT2D eigenvalue weighted by Crippen LogP contribution is 2.16. The number of hydrogen-bond donors (Lipinski definition) is 1. The highest BCUT2D eigenvalue weighted by molar-refractivity contribution is 7.89. The van der Waals surface area contributed by atoms with Crippen molar-refractivity contribution in [1.82, 2.24) is 4.31 Å². The van der Waals surface area contributed by atoms with Crippen LogP contribution in [0, 0.1) is 5.41 Å². The van der Waals surface area contributed by atoms with Gasteiger partial charge in [-0.3, -0.25) is 0 Å². The van der Waals surface area contributed by atoms with Crippen LogP contribution in [0.25, 0.3) is 0 Å². The van der Waals surface area contributed by atoms with E-state index in [4.69, 9.17) is 5.41 Å². The minimum absolute atomic E-state index is 0.167. The lowest BCUT2D eigenvalue weighted by Gasteiger charge is -2.12. The smallest absolute Gasteiger partial charge is 0.243 e. The van der Waals surface area contributed by atoms with Gasteiger partial charge in [-0.05, 0) is 6.07 Å². The first-order valence-electron chi connectivity index (χ1n) is 4.02. The van der Waals surface area contributed by atoms with Gasteiger partial charge in [0, 0.05) is 25.9 Å². The van der Waals surface area contributed by atoms with Gasteiger partial charge in [-0.2, -0.15) is 0 Å². The Balaban J connectivity index is 3.40. The highest BCUT2D eigenvalue weighted by Gasteiger charge is 2.19. The van der Waals surface area contributed by atoms with E-state index < -0.39 is 10.0 Å². The van der Waals surface area contributed by atoms with Crippen LogP contribution in [0.2, 0.25) is 0 Å². The summed E-state index contributed by atoms with van der Waals surface area (Å²) in [7, 11) is -0.501. The summed E-state index contributed by atoms with van der Waals surface area (Å²) in [4.78, 5) is 0.167. The lowest BCUT2D eigenvalue weighted by atomic mass is 10.2. The summed E-state index contributed by atoms with van der Waals surface area (Å²) >= 11 is 0. The second-order valence-electron chi connectivity index (χ2n) is 2.97. The van der Waals surface area contributed by atoms with E-state index >= 15 is 0 Å².